The van der Waals surface area contributed by atoms with Gasteiger partial charge in [-0.25, -0.2) is 0 Å². The Morgan fingerprint density at radius 3 is 2.90 bits per heavy atom. The Morgan fingerprint density at radius 1 is 1.43 bits per heavy atom. The molecule has 0 unspecified atom stereocenters. The molecular formula is C15H21N3O3. The summed E-state index contributed by atoms with van der Waals surface area (Å²) in [4.78, 5) is 12.1. The second-order valence-electron chi connectivity index (χ2n) is 5.33. The fraction of sp³-hybridized carbons (Fsp3) is 0.467. The van der Waals surface area contributed by atoms with Gasteiger partial charge in [0.2, 0.25) is 5.91 Å². The van der Waals surface area contributed by atoms with Crippen molar-refractivity contribution in [3.05, 3.63) is 42.1 Å². The molecular weight excluding hydrogens is 270 g/mol. The predicted molar refractivity (Wildman–Crippen MR) is 77.5 cm³/mol. The van der Waals surface area contributed by atoms with Crippen molar-refractivity contribution in [2.75, 3.05) is 13.2 Å². The van der Waals surface area contributed by atoms with Gasteiger partial charge < -0.3 is 14.5 Å². The molecule has 0 radical (unpaired) electrons. The maximum atomic E-state index is 12.1. The van der Waals surface area contributed by atoms with E-state index in [4.69, 9.17) is 9.15 Å². The van der Waals surface area contributed by atoms with Gasteiger partial charge >= 0.3 is 0 Å². The van der Waals surface area contributed by atoms with Crippen molar-refractivity contribution < 1.29 is 13.9 Å². The monoisotopic (exact) mass is 291 g/mol. The van der Waals surface area contributed by atoms with Gasteiger partial charge in [0.25, 0.3) is 0 Å². The van der Waals surface area contributed by atoms with E-state index in [2.05, 4.69) is 29.4 Å². The van der Waals surface area contributed by atoms with Crippen LogP contribution in [0.3, 0.4) is 0 Å². The van der Waals surface area contributed by atoms with Crippen LogP contribution in [0.25, 0.3) is 0 Å². The van der Waals surface area contributed by atoms with E-state index < -0.39 is 0 Å². The topological polar surface area (TPSA) is 80.1 Å². The Kier molecular flexibility index (Phi) is 5.57. The van der Waals surface area contributed by atoms with Crippen molar-refractivity contribution in [1.82, 2.24) is 15.5 Å². The van der Waals surface area contributed by atoms with Crippen LogP contribution in [0.1, 0.15) is 31.3 Å². The zero-order chi connectivity index (χ0) is 15.1. The lowest BCUT2D eigenvalue weighted by molar-refractivity contribution is -0.121. The van der Waals surface area contributed by atoms with Crippen LogP contribution in [0.5, 0.6) is 0 Å². The van der Waals surface area contributed by atoms with Gasteiger partial charge in [-0.15, -0.1) is 0 Å². The summed E-state index contributed by atoms with van der Waals surface area (Å²) in [5, 5.41) is 9.52. The lowest BCUT2D eigenvalue weighted by Crippen LogP contribution is -2.32. The third-order valence-corrected chi connectivity index (χ3v) is 2.87. The van der Waals surface area contributed by atoms with Crippen LogP contribution >= 0.6 is 0 Å². The van der Waals surface area contributed by atoms with E-state index >= 15 is 0 Å². The maximum absolute atomic E-state index is 12.1. The van der Waals surface area contributed by atoms with Gasteiger partial charge in [0, 0.05) is 18.5 Å². The molecule has 0 saturated carbocycles. The summed E-state index contributed by atoms with van der Waals surface area (Å²) in [7, 11) is 0. The average molecular weight is 291 g/mol. The van der Waals surface area contributed by atoms with Crippen LogP contribution in [-0.2, 0) is 16.0 Å². The van der Waals surface area contributed by atoms with E-state index in [1.54, 1.807) is 24.6 Å². The fourth-order valence-electron chi connectivity index (χ4n) is 1.91. The van der Waals surface area contributed by atoms with Gasteiger partial charge in [-0.05, 0) is 24.1 Å². The molecule has 0 bridgehead atoms. The van der Waals surface area contributed by atoms with E-state index in [1.807, 2.05) is 6.07 Å². The Bertz CT molecular complexity index is 520. The molecule has 0 aliphatic carbocycles. The normalized spacial score (nSPS) is 12.5. The lowest BCUT2D eigenvalue weighted by Gasteiger charge is -2.17. The molecule has 2 rings (SSSR count). The van der Waals surface area contributed by atoms with Gasteiger partial charge in [0.15, 0.2) is 0 Å². The van der Waals surface area contributed by atoms with Crippen molar-refractivity contribution in [1.29, 1.82) is 0 Å². The van der Waals surface area contributed by atoms with Crippen LogP contribution in [-0.4, -0.2) is 29.3 Å². The third-order valence-electron chi connectivity index (χ3n) is 2.87. The van der Waals surface area contributed by atoms with Crippen LogP contribution < -0.4 is 5.32 Å². The molecule has 0 aromatic carbocycles. The smallest absolute Gasteiger partial charge is 0.226 e. The molecule has 1 amide bonds. The average Bonchev–Trinajstić information content (AvgIpc) is 3.09. The molecule has 0 saturated heterocycles. The minimum absolute atomic E-state index is 0.103. The summed E-state index contributed by atoms with van der Waals surface area (Å²) >= 11 is 0. The second kappa shape index (κ2) is 7.64. The Hall–Kier alpha value is -2.08. The Morgan fingerprint density at radius 2 is 2.29 bits per heavy atom. The van der Waals surface area contributed by atoms with Crippen LogP contribution in [0.2, 0.25) is 0 Å². The SMILES string of the molecule is CC(C)COC[C@@H](NC(=O)Cc1ccn[nH]1)c1ccco1. The molecule has 0 spiro atoms. The van der Waals surface area contributed by atoms with Crippen molar-refractivity contribution in [2.24, 2.45) is 5.92 Å². The lowest BCUT2D eigenvalue weighted by atomic mass is 10.2. The molecule has 6 heteroatoms. The number of ether oxygens (including phenoxy) is 1. The molecule has 1 atom stereocenters. The number of nitrogens with zero attached hydrogens (tertiary/aromatic N) is 1. The first-order valence-electron chi connectivity index (χ1n) is 7.04. The number of amides is 1. The predicted octanol–water partition coefficient (Wildman–Crippen LogP) is 2.08. The zero-order valence-corrected chi connectivity index (χ0v) is 12.3. The largest absolute Gasteiger partial charge is 0.467 e. The first kappa shape index (κ1) is 15.3. The number of hydrogen-bond donors (Lipinski definition) is 2. The highest BCUT2D eigenvalue weighted by atomic mass is 16.5. The molecule has 2 aromatic heterocycles. The van der Waals surface area contributed by atoms with Gasteiger partial charge in [-0.1, -0.05) is 13.8 Å². The molecule has 2 N–H and O–H groups in total. The van der Waals surface area contributed by atoms with Crippen molar-refractivity contribution in [3.8, 4) is 0 Å². The summed E-state index contributed by atoms with van der Waals surface area (Å²) < 4.78 is 11.0. The third kappa shape index (κ3) is 5.07. The molecule has 21 heavy (non-hydrogen) atoms. The highest BCUT2D eigenvalue weighted by Gasteiger charge is 2.18. The summed E-state index contributed by atoms with van der Waals surface area (Å²) in [6.07, 6.45) is 3.46. The summed E-state index contributed by atoms with van der Waals surface area (Å²) in [6.45, 7) is 5.20. The van der Waals surface area contributed by atoms with Crippen LogP contribution in [0, 0.1) is 5.92 Å². The Balaban J connectivity index is 1.90. The standard InChI is InChI=1S/C15H21N3O3/c1-11(2)9-20-10-13(14-4-3-7-21-14)17-15(19)8-12-5-6-16-18-12/h3-7,11,13H,8-10H2,1-2H3,(H,16,18)(H,17,19)/t13-/m1/s1. The summed E-state index contributed by atoms with van der Waals surface area (Å²) in [5.74, 6) is 1.04. The highest BCUT2D eigenvalue weighted by molar-refractivity contribution is 5.78. The highest BCUT2D eigenvalue weighted by Crippen LogP contribution is 2.14. The van der Waals surface area contributed by atoms with E-state index in [0.717, 1.165) is 5.69 Å². The molecule has 0 fully saturated rings. The van der Waals surface area contributed by atoms with Crippen molar-refractivity contribution >= 4 is 5.91 Å². The molecule has 2 aromatic rings. The minimum Gasteiger partial charge on any atom is -0.467 e. The second-order valence-corrected chi connectivity index (χ2v) is 5.33. The van der Waals surface area contributed by atoms with E-state index in [0.29, 0.717) is 24.9 Å². The quantitative estimate of drug-likeness (QED) is 0.780. The van der Waals surface area contributed by atoms with Crippen LogP contribution in [0.4, 0.5) is 0 Å². The fourth-order valence-corrected chi connectivity index (χ4v) is 1.91. The summed E-state index contributed by atoms with van der Waals surface area (Å²) in [6, 6.07) is 5.12. The van der Waals surface area contributed by atoms with Crippen molar-refractivity contribution in [2.45, 2.75) is 26.3 Å². The van der Waals surface area contributed by atoms with Crippen LogP contribution in [0.15, 0.2) is 35.1 Å². The maximum Gasteiger partial charge on any atom is 0.226 e. The molecule has 6 nitrogen and oxygen atoms in total. The number of H-pyrrole nitrogens is 1. The Labute approximate surface area is 123 Å². The van der Waals surface area contributed by atoms with Crippen molar-refractivity contribution in [3.63, 3.8) is 0 Å². The van der Waals surface area contributed by atoms with Gasteiger partial charge in [0.05, 0.1) is 19.3 Å². The minimum atomic E-state index is -0.283. The zero-order valence-electron chi connectivity index (χ0n) is 12.3. The molecule has 0 aliphatic rings. The number of furan rings is 1. The van der Waals surface area contributed by atoms with E-state index in [1.165, 1.54) is 0 Å². The molecule has 2 heterocycles. The van der Waals surface area contributed by atoms with Gasteiger partial charge in [-0.2, -0.15) is 5.10 Å². The van der Waals surface area contributed by atoms with E-state index in [-0.39, 0.29) is 18.4 Å². The number of aromatic nitrogens is 2. The molecule has 0 aliphatic heterocycles. The number of rotatable bonds is 8. The number of carbonyl (C=O) groups is 1. The number of nitrogens with one attached hydrogen (secondary N) is 2. The number of aromatic amines is 1. The molecule has 114 valence electrons. The van der Waals surface area contributed by atoms with E-state index in [9.17, 15) is 4.79 Å². The first-order chi connectivity index (χ1) is 10.1. The number of hydrogen-bond acceptors (Lipinski definition) is 4. The van der Waals surface area contributed by atoms with Gasteiger partial charge in [-0.3, -0.25) is 9.89 Å². The van der Waals surface area contributed by atoms with Gasteiger partial charge in [0.1, 0.15) is 11.8 Å². The number of carbonyl (C=O) groups excluding carboxylic acids is 1. The summed E-state index contributed by atoms with van der Waals surface area (Å²) in [5.41, 5.74) is 0.772. The first-order valence-corrected chi connectivity index (χ1v) is 7.04.